The van der Waals surface area contributed by atoms with Crippen molar-refractivity contribution < 1.29 is 27.8 Å². The van der Waals surface area contributed by atoms with E-state index in [9.17, 15) is 18.3 Å². The maximum atomic E-state index is 13.6. The molecule has 0 saturated carbocycles. The van der Waals surface area contributed by atoms with Crippen LogP contribution in [0.1, 0.15) is 27.2 Å². The van der Waals surface area contributed by atoms with Crippen molar-refractivity contribution in [2.45, 2.75) is 44.2 Å². The van der Waals surface area contributed by atoms with Gasteiger partial charge in [0.25, 0.3) is 0 Å². The van der Waals surface area contributed by atoms with Crippen LogP contribution in [0.5, 0.6) is 11.5 Å². The molecule has 2 aromatic carbocycles. The van der Waals surface area contributed by atoms with Gasteiger partial charge in [0.15, 0.2) is 0 Å². The first kappa shape index (κ1) is 26.0. The van der Waals surface area contributed by atoms with Gasteiger partial charge < -0.3 is 19.5 Å². The molecule has 8 nitrogen and oxygen atoms in total. The molecule has 1 amide bonds. The third-order valence-corrected chi connectivity index (χ3v) is 8.27. The van der Waals surface area contributed by atoms with Crippen molar-refractivity contribution in [3.63, 3.8) is 0 Å². The zero-order chi connectivity index (χ0) is 25.0. The summed E-state index contributed by atoms with van der Waals surface area (Å²) in [5.41, 5.74) is 1.63. The third-order valence-electron chi connectivity index (χ3n) is 6.25. The number of carbonyl (C=O) groups excluding carboxylic acids is 1. The summed E-state index contributed by atoms with van der Waals surface area (Å²) >= 11 is 0. The van der Waals surface area contributed by atoms with E-state index in [1.807, 2.05) is 31.2 Å². The number of nitrogens with zero attached hydrogens (tertiary/aromatic N) is 2. The highest BCUT2D eigenvalue weighted by Gasteiger charge is 2.38. The number of aliphatic hydroxyl groups is 1. The van der Waals surface area contributed by atoms with Gasteiger partial charge in [-0.25, -0.2) is 8.42 Å². The summed E-state index contributed by atoms with van der Waals surface area (Å²) in [5.74, 6) is 0.664. The Kier molecular flexibility index (Phi) is 8.22. The Hall–Kier alpha value is -2.62. The molecule has 0 aromatic heterocycles. The van der Waals surface area contributed by atoms with Crippen molar-refractivity contribution in [1.82, 2.24) is 9.21 Å². The van der Waals surface area contributed by atoms with Gasteiger partial charge in [-0.05, 0) is 42.3 Å². The summed E-state index contributed by atoms with van der Waals surface area (Å²) in [7, 11) is -0.618. The topological polar surface area (TPSA) is 96.4 Å². The molecule has 3 rings (SSSR count). The molecular weight excluding hydrogens is 456 g/mol. The number of hydrogen-bond donors (Lipinski definition) is 1. The Bertz CT molecular complexity index is 1120. The number of carbonyl (C=O) groups is 1. The predicted octanol–water partition coefficient (Wildman–Crippen LogP) is 3.00. The molecule has 2 aromatic rings. The molecule has 0 unspecified atom stereocenters. The zero-order valence-electron chi connectivity index (χ0n) is 20.4. The van der Waals surface area contributed by atoms with Crippen molar-refractivity contribution in [3.05, 3.63) is 42.5 Å². The smallest absolute Gasteiger partial charge is 0.247 e. The summed E-state index contributed by atoms with van der Waals surface area (Å²) in [4.78, 5) is 13.9. The second kappa shape index (κ2) is 10.8. The Morgan fingerprint density at radius 1 is 1.26 bits per heavy atom. The first-order chi connectivity index (χ1) is 16.1. The van der Waals surface area contributed by atoms with Crippen molar-refractivity contribution in [2.24, 2.45) is 5.92 Å². The van der Waals surface area contributed by atoms with Gasteiger partial charge in [-0.2, -0.15) is 4.31 Å². The zero-order valence-corrected chi connectivity index (χ0v) is 21.2. The number of likely N-dealkylation sites (N-methyl/N-ethyl adjacent to an activating group) is 1. The number of ether oxygens (including phenoxy) is 2. The lowest BCUT2D eigenvalue weighted by Crippen LogP contribution is -2.50. The van der Waals surface area contributed by atoms with Gasteiger partial charge in [-0.3, -0.25) is 4.79 Å². The number of aliphatic hydroxyl groups excluding tert-OH is 1. The minimum atomic E-state index is -3.93. The van der Waals surface area contributed by atoms with E-state index in [1.54, 1.807) is 51.1 Å². The molecule has 186 valence electrons. The summed E-state index contributed by atoms with van der Waals surface area (Å²) in [6.07, 6.45) is -0.0698. The summed E-state index contributed by atoms with van der Waals surface area (Å²) in [6.45, 7) is 5.56. The van der Waals surface area contributed by atoms with Gasteiger partial charge >= 0.3 is 0 Å². The highest BCUT2D eigenvalue weighted by atomic mass is 32.2. The van der Waals surface area contributed by atoms with E-state index in [0.717, 1.165) is 11.1 Å². The average molecular weight is 491 g/mol. The van der Waals surface area contributed by atoms with E-state index in [1.165, 1.54) is 4.31 Å². The van der Waals surface area contributed by atoms with E-state index >= 15 is 0 Å². The van der Waals surface area contributed by atoms with E-state index in [2.05, 4.69) is 0 Å². The van der Waals surface area contributed by atoms with Crippen LogP contribution in [0.3, 0.4) is 0 Å². The number of fused-ring (bicyclic) bond motifs is 1. The minimum absolute atomic E-state index is 0.0172. The normalized spacial score (nSPS) is 20.9. The van der Waals surface area contributed by atoms with Gasteiger partial charge in [0, 0.05) is 32.0 Å². The van der Waals surface area contributed by atoms with Gasteiger partial charge in [0.1, 0.15) is 22.5 Å². The van der Waals surface area contributed by atoms with Crippen LogP contribution in [0.15, 0.2) is 47.4 Å². The van der Waals surface area contributed by atoms with Gasteiger partial charge in [0.05, 0.1) is 20.3 Å². The monoisotopic (exact) mass is 490 g/mol. The van der Waals surface area contributed by atoms with Gasteiger partial charge in [-0.15, -0.1) is 0 Å². The van der Waals surface area contributed by atoms with Crippen LogP contribution >= 0.6 is 0 Å². The number of methoxy groups -OCH3 is 1. The molecule has 0 fully saturated rings. The fourth-order valence-electron chi connectivity index (χ4n) is 4.07. The Balaban J connectivity index is 2.12. The molecule has 9 heteroatoms. The second-order valence-corrected chi connectivity index (χ2v) is 10.6. The number of benzene rings is 2. The molecule has 1 aliphatic rings. The minimum Gasteiger partial charge on any atom is -0.497 e. The largest absolute Gasteiger partial charge is 0.497 e. The van der Waals surface area contributed by atoms with Crippen LogP contribution in [-0.4, -0.2) is 74.6 Å². The quantitative estimate of drug-likeness (QED) is 0.641. The number of sulfonamides is 1. The number of amides is 1. The lowest BCUT2D eigenvalue weighted by molar-refractivity contribution is -0.131. The number of hydrogen-bond acceptors (Lipinski definition) is 6. The van der Waals surface area contributed by atoms with E-state index in [4.69, 9.17) is 9.47 Å². The first-order valence-electron chi connectivity index (χ1n) is 11.4. The second-order valence-electron chi connectivity index (χ2n) is 8.76. The van der Waals surface area contributed by atoms with Gasteiger partial charge in [0.2, 0.25) is 15.9 Å². The standard InChI is InChI=1S/C25H34N2O6S/c1-6-25(29)26(4)15-23-17(2)14-27(18(3)16-28)34(30,31)24-11-10-20(13-22(24)33-23)19-8-7-9-21(12-19)32-5/h7-13,17-18,23,28H,6,14-16H2,1-5H3/t17-,18-,23-/m0/s1. The Morgan fingerprint density at radius 2 is 1.97 bits per heavy atom. The van der Waals surface area contributed by atoms with Crippen LogP contribution < -0.4 is 9.47 Å². The van der Waals surface area contributed by atoms with Crippen LogP contribution in [0.4, 0.5) is 0 Å². The molecule has 0 bridgehead atoms. The van der Waals surface area contributed by atoms with E-state index in [-0.39, 0.29) is 35.6 Å². The third kappa shape index (κ3) is 5.37. The van der Waals surface area contributed by atoms with Crippen molar-refractivity contribution >= 4 is 15.9 Å². The van der Waals surface area contributed by atoms with Crippen LogP contribution in [0.2, 0.25) is 0 Å². The molecule has 3 atom stereocenters. The Labute approximate surface area is 202 Å². The van der Waals surface area contributed by atoms with Crippen molar-refractivity contribution in [2.75, 3.05) is 33.9 Å². The Morgan fingerprint density at radius 3 is 2.62 bits per heavy atom. The summed E-state index contributed by atoms with van der Waals surface area (Å²) in [5, 5.41) is 9.77. The van der Waals surface area contributed by atoms with Crippen LogP contribution in [-0.2, 0) is 14.8 Å². The molecule has 34 heavy (non-hydrogen) atoms. The van der Waals surface area contributed by atoms with Crippen LogP contribution in [0, 0.1) is 5.92 Å². The molecule has 0 spiro atoms. The van der Waals surface area contributed by atoms with Crippen molar-refractivity contribution in [1.29, 1.82) is 0 Å². The number of rotatable bonds is 7. The summed E-state index contributed by atoms with van der Waals surface area (Å²) < 4.78 is 40.2. The highest BCUT2D eigenvalue weighted by Crippen LogP contribution is 2.37. The van der Waals surface area contributed by atoms with E-state index in [0.29, 0.717) is 18.7 Å². The SMILES string of the molecule is CCC(=O)N(C)C[C@@H]1Oc2cc(-c3cccc(OC)c3)ccc2S(=O)(=O)N([C@@H](C)CO)C[C@@H]1C. The lowest BCUT2D eigenvalue weighted by Gasteiger charge is -2.37. The molecule has 0 aliphatic carbocycles. The van der Waals surface area contributed by atoms with E-state index < -0.39 is 22.2 Å². The summed E-state index contributed by atoms with van der Waals surface area (Å²) in [6, 6.07) is 11.9. The predicted molar refractivity (Wildman–Crippen MR) is 130 cm³/mol. The molecule has 1 aliphatic heterocycles. The molecule has 1 N–H and O–H groups in total. The highest BCUT2D eigenvalue weighted by molar-refractivity contribution is 7.89. The maximum Gasteiger partial charge on any atom is 0.247 e. The maximum absolute atomic E-state index is 13.6. The first-order valence-corrected chi connectivity index (χ1v) is 12.9. The molecule has 0 saturated heterocycles. The molecule has 0 radical (unpaired) electrons. The van der Waals surface area contributed by atoms with Gasteiger partial charge in [-0.1, -0.05) is 32.0 Å². The molecular formula is C25H34N2O6S. The van der Waals surface area contributed by atoms with Crippen molar-refractivity contribution in [3.8, 4) is 22.6 Å². The molecule has 1 heterocycles. The average Bonchev–Trinajstić information content (AvgIpc) is 2.84. The van der Waals surface area contributed by atoms with Crippen LogP contribution in [0.25, 0.3) is 11.1 Å². The lowest BCUT2D eigenvalue weighted by atomic mass is 10.0. The fourth-order valence-corrected chi connectivity index (χ4v) is 5.89. The fraction of sp³-hybridized carbons (Fsp3) is 0.480.